The van der Waals surface area contributed by atoms with Crippen molar-refractivity contribution in [3.8, 4) is 22.5 Å². The molecule has 0 saturated carbocycles. The highest BCUT2D eigenvalue weighted by Crippen LogP contribution is 2.37. The summed E-state index contributed by atoms with van der Waals surface area (Å²) in [4.78, 5) is 55.3. The van der Waals surface area contributed by atoms with Gasteiger partial charge in [-0.3, -0.25) is 28.4 Å². The fourth-order valence-electron chi connectivity index (χ4n) is 9.31. The van der Waals surface area contributed by atoms with Gasteiger partial charge in [0.05, 0.1) is 82.4 Å². The Morgan fingerprint density at radius 1 is 0.574 bits per heavy atom. The fourth-order valence-corrected chi connectivity index (χ4v) is 9.31. The first-order valence-corrected chi connectivity index (χ1v) is 22.2. The second-order valence-corrected chi connectivity index (χ2v) is 17.0. The predicted molar refractivity (Wildman–Crippen MR) is 250 cm³/mol. The molecule has 2 amide bonds. The van der Waals surface area contributed by atoms with Crippen LogP contribution in [0.15, 0.2) is 110 Å². The van der Waals surface area contributed by atoms with Crippen molar-refractivity contribution < 1.29 is 28.6 Å². The van der Waals surface area contributed by atoms with Crippen LogP contribution >= 0.6 is 0 Å². The van der Waals surface area contributed by atoms with E-state index in [4.69, 9.17) is 0 Å². The van der Waals surface area contributed by atoms with Crippen molar-refractivity contribution in [3.63, 3.8) is 0 Å². The number of imidazole rings is 2. The molecule has 18 nitrogen and oxygen atoms in total. The van der Waals surface area contributed by atoms with Crippen LogP contribution in [0.1, 0.15) is 44.7 Å². The van der Waals surface area contributed by atoms with Crippen molar-refractivity contribution in [2.75, 3.05) is 46.6 Å². The van der Waals surface area contributed by atoms with E-state index in [2.05, 4.69) is 51.2 Å². The normalized spacial score (nSPS) is 19.8. The molecular weight excluding hydrogens is 875 g/mol. The van der Waals surface area contributed by atoms with Gasteiger partial charge in [0, 0.05) is 75.2 Å². The predicted octanol–water partition coefficient (Wildman–Crippen LogP) is 5.37. The summed E-state index contributed by atoms with van der Waals surface area (Å²) in [5.74, 6) is 0.879. The largest absolute Gasteiger partial charge is 0.388 e. The number of hydrogen-bond donors (Lipinski definition) is 6. The van der Waals surface area contributed by atoms with Crippen LogP contribution in [-0.2, 0) is 13.1 Å². The summed E-state index contributed by atoms with van der Waals surface area (Å²) in [5.41, 5.74) is 11.0. The van der Waals surface area contributed by atoms with E-state index in [0.717, 1.165) is 56.3 Å². The number of anilines is 6. The van der Waals surface area contributed by atoms with Crippen LogP contribution in [0.5, 0.6) is 0 Å². The number of carbonyl (C=O) groups is 2. The standard InChI is InChI=1S/2C24H22FN7O2/c2*25-17-5-7-31(13-20(17)33)14-1-4-21(27-9-14)30-18-3-2-15(16-10-29-24(34)23(16)18)19-11-28-22-12-26-6-8-32(19)22/h2*1-4,6,8-9,11-12,17,20,33H,5,7,10,13H2,(H,27,30)(H,29,34)/t2*17-,20-/m10/s1. The Bertz CT molecular complexity index is 2990. The first-order chi connectivity index (χ1) is 33.2. The van der Waals surface area contributed by atoms with E-state index in [1.54, 1.807) is 49.6 Å². The maximum atomic E-state index is 13.6. The van der Waals surface area contributed by atoms with Gasteiger partial charge in [0.1, 0.15) is 36.2 Å². The van der Waals surface area contributed by atoms with Crippen molar-refractivity contribution in [2.24, 2.45) is 0 Å². The van der Waals surface area contributed by atoms with Gasteiger partial charge in [-0.1, -0.05) is 12.1 Å². The number of carbonyl (C=O) groups excluding carboxylic acids is 2. The quantitative estimate of drug-likeness (QED) is 0.113. The van der Waals surface area contributed by atoms with E-state index in [1.807, 2.05) is 79.5 Å². The van der Waals surface area contributed by atoms with Gasteiger partial charge in [-0.15, -0.1) is 0 Å². The van der Waals surface area contributed by atoms with Crippen LogP contribution in [0, 0.1) is 0 Å². The lowest BCUT2D eigenvalue weighted by Crippen LogP contribution is -2.45. The molecule has 10 heterocycles. The van der Waals surface area contributed by atoms with E-state index < -0.39 is 24.6 Å². The number of fused-ring (bicyclic) bond motifs is 4. The zero-order valence-electron chi connectivity index (χ0n) is 36.3. The van der Waals surface area contributed by atoms with Crippen LogP contribution in [0.4, 0.5) is 43.2 Å². The molecule has 0 bridgehead atoms. The maximum absolute atomic E-state index is 13.6. The van der Waals surface area contributed by atoms with Crippen LogP contribution in [-0.4, -0.2) is 111 Å². The number of aliphatic hydroxyl groups excluding tert-OH is 2. The number of alkyl halides is 2. The molecule has 12 rings (SSSR count). The Morgan fingerprint density at radius 2 is 1.03 bits per heavy atom. The van der Waals surface area contributed by atoms with Gasteiger partial charge in [-0.2, -0.15) is 0 Å². The number of aromatic nitrogens is 8. The molecule has 4 aliphatic heterocycles. The first-order valence-electron chi connectivity index (χ1n) is 22.2. The molecule has 8 aromatic rings. The van der Waals surface area contributed by atoms with Crippen LogP contribution in [0.2, 0.25) is 0 Å². The summed E-state index contributed by atoms with van der Waals surface area (Å²) in [7, 11) is 0. The summed E-state index contributed by atoms with van der Waals surface area (Å²) in [6, 6.07) is 15.1. The molecule has 344 valence electrons. The molecule has 0 aliphatic carbocycles. The van der Waals surface area contributed by atoms with Crippen molar-refractivity contribution in [2.45, 2.75) is 50.5 Å². The van der Waals surface area contributed by atoms with E-state index in [1.165, 1.54) is 0 Å². The van der Waals surface area contributed by atoms with Gasteiger partial charge in [0.15, 0.2) is 11.3 Å². The maximum Gasteiger partial charge on any atom is 0.254 e. The van der Waals surface area contributed by atoms with Gasteiger partial charge in [-0.25, -0.2) is 28.7 Å². The lowest BCUT2D eigenvalue weighted by atomic mass is 9.99. The molecule has 6 N–H and O–H groups in total. The number of rotatable bonds is 8. The Balaban J connectivity index is 0.000000149. The molecule has 2 fully saturated rings. The van der Waals surface area contributed by atoms with Crippen LogP contribution in [0.3, 0.4) is 0 Å². The Labute approximate surface area is 386 Å². The van der Waals surface area contributed by atoms with Crippen molar-refractivity contribution >= 4 is 57.5 Å². The highest BCUT2D eigenvalue weighted by atomic mass is 19.1. The van der Waals surface area contributed by atoms with E-state index >= 15 is 0 Å². The first kappa shape index (κ1) is 42.5. The number of pyridine rings is 2. The minimum absolute atomic E-state index is 0.144. The van der Waals surface area contributed by atoms with Gasteiger partial charge in [0.2, 0.25) is 0 Å². The van der Waals surface area contributed by atoms with E-state index in [-0.39, 0.29) is 37.7 Å². The Kier molecular flexibility index (Phi) is 11.0. The Hall–Kier alpha value is -8.10. The van der Waals surface area contributed by atoms with Crippen molar-refractivity contribution in [1.29, 1.82) is 0 Å². The number of piperidine rings is 2. The number of β-amino-alcohol motifs (C(OH)–C–C–N with tert-alkyl or cyclic N) is 2. The van der Waals surface area contributed by atoms with E-state index in [9.17, 15) is 28.6 Å². The summed E-state index contributed by atoms with van der Waals surface area (Å²) < 4.78 is 31.0. The molecule has 4 aliphatic rings. The number of nitrogens with zero attached hydrogens (tertiary/aromatic N) is 10. The third-order valence-electron chi connectivity index (χ3n) is 12.9. The van der Waals surface area contributed by atoms with Gasteiger partial charge in [-0.05, 0) is 60.4 Å². The smallest absolute Gasteiger partial charge is 0.254 e. The number of amides is 2. The molecule has 2 saturated heterocycles. The molecule has 0 unspecified atom stereocenters. The Morgan fingerprint density at radius 3 is 1.44 bits per heavy atom. The molecule has 6 aromatic heterocycles. The number of nitrogens with one attached hydrogen (secondary N) is 4. The van der Waals surface area contributed by atoms with Gasteiger partial charge >= 0.3 is 0 Å². The molecule has 4 atom stereocenters. The molecule has 20 heteroatoms. The molecule has 2 aromatic carbocycles. The monoisotopic (exact) mass is 918 g/mol. The number of aliphatic hydroxyl groups is 2. The third kappa shape index (κ3) is 7.91. The minimum atomic E-state index is -1.18. The zero-order chi connectivity index (χ0) is 46.5. The van der Waals surface area contributed by atoms with Crippen LogP contribution < -0.4 is 31.1 Å². The zero-order valence-corrected chi connectivity index (χ0v) is 36.3. The lowest BCUT2D eigenvalue weighted by molar-refractivity contribution is 0.0644. The van der Waals surface area contributed by atoms with Crippen molar-refractivity contribution in [3.05, 3.63) is 133 Å². The molecule has 0 radical (unpaired) electrons. The number of hydrogen-bond acceptors (Lipinski definition) is 14. The highest BCUT2D eigenvalue weighted by molar-refractivity contribution is 6.07. The van der Waals surface area contributed by atoms with Crippen molar-refractivity contribution in [1.82, 2.24) is 49.3 Å². The number of benzene rings is 2. The third-order valence-corrected chi connectivity index (χ3v) is 12.9. The summed E-state index contributed by atoms with van der Waals surface area (Å²) in [6.07, 6.45) is 13.7. The van der Waals surface area contributed by atoms with E-state index in [0.29, 0.717) is 60.3 Å². The average Bonchev–Trinajstić information content (AvgIpc) is 4.18. The summed E-state index contributed by atoms with van der Waals surface area (Å²) in [6.45, 7) is 2.39. The summed E-state index contributed by atoms with van der Waals surface area (Å²) >= 11 is 0. The van der Waals surface area contributed by atoms with Crippen LogP contribution in [0.25, 0.3) is 33.8 Å². The molecule has 0 spiro atoms. The van der Waals surface area contributed by atoms with Gasteiger partial charge < -0.3 is 41.3 Å². The average molecular weight is 919 g/mol. The SMILES string of the molecule is O=C1NCc2c(-c3cnc4cnccn34)ccc(Nc3ccc(N4CC[C@@H](F)[C@H](O)C4)cn3)c21.O=C1NCc2c(-c3cnc4cnccn34)ccc(Nc3ccc(N4CC[C@H](F)[C@@H](O)C4)cn3)c21. The minimum Gasteiger partial charge on any atom is -0.388 e. The second-order valence-electron chi connectivity index (χ2n) is 17.0. The molecule has 68 heavy (non-hydrogen) atoms. The fraction of sp³-hybridized carbons (Fsp3) is 0.250. The highest BCUT2D eigenvalue weighted by Gasteiger charge is 2.31. The molecular formula is C48H44F2N14O4. The number of halogens is 2. The van der Waals surface area contributed by atoms with Gasteiger partial charge in [0.25, 0.3) is 11.8 Å². The summed E-state index contributed by atoms with van der Waals surface area (Å²) in [5, 5.41) is 32.0. The topological polar surface area (TPSA) is 215 Å². The second kappa shape index (κ2) is 17.6. The lowest BCUT2D eigenvalue weighted by Gasteiger charge is -2.33.